The van der Waals surface area contributed by atoms with Gasteiger partial charge in [-0.1, -0.05) is 33.8 Å². The van der Waals surface area contributed by atoms with Gasteiger partial charge in [-0.25, -0.2) is 0 Å². The molecule has 0 radical (unpaired) electrons. The molecule has 1 heterocycles. The van der Waals surface area contributed by atoms with E-state index in [1.165, 1.54) is 0 Å². The minimum Gasteiger partial charge on any atom is -0.382 e. The summed E-state index contributed by atoms with van der Waals surface area (Å²) in [6, 6.07) is 0. The third-order valence-electron chi connectivity index (χ3n) is 2.19. The summed E-state index contributed by atoms with van der Waals surface area (Å²) in [5.74, 6) is 0. The van der Waals surface area contributed by atoms with Crippen LogP contribution >= 0.6 is 0 Å². The molecule has 1 aliphatic heterocycles. The molecule has 1 unspecified atom stereocenters. The molecule has 1 atom stereocenters. The molecule has 0 N–H and O–H groups in total. The third kappa shape index (κ3) is 4.66. The SMILES string of the molecule is CC.CC.COCC1(C)CC=CN1C. The van der Waals surface area contributed by atoms with Gasteiger partial charge in [0, 0.05) is 14.2 Å². The van der Waals surface area contributed by atoms with Crippen LogP contribution in [0.1, 0.15) is 41.0 Å². The van der Waals surface area contributed by atoms with E-state index < -0.39 is 0 Å². The summed E-state index contributed by atoms with van der Waals surface area (Å²) in [4.78, 5) is 2.20. The minimum absolute atomic E-state index is 0.203. The number of hydrogen-bond acceptors (Lipinski definition) is 2. The maximum absolute atomic E-state index is 5.12. The Morgan fingerprint density at radius 2 is 1.79 bits per heavy atom. The highest BCUT2D eigenvalue weighted by Gasteiger charge is 2.29. The first-order chi connectivity index (χ1) is 6.69. The van der Waals surface area contributed by atoms with Crippen molar-refractivity contribution in [2.24, 2.45) is 0 Å². The van der Waals surface area contributed by atoms with E-state index in [-0.39, 0.29) is 5.54 Å². The van der Waals surface area contributed by atoms with Gasteiger partial charge in [-0.2, -0.15) is 0 Å². The second kappa shape index (κ2) is 9.07. The van der Waals surface area contributed by atoms with Crippen molar-refractivity contribution in [3.63, 3.8) is 0 Å². The Bertz CT molecular complexity index is 145. The number of hydrogen-bond donors (Lipinski definition) is 0. The van der Waals surface area contributed by atoms with Gasteiger partial charge in [0.15, 0.2) is 0 Å². The quantitative estimate of drug-likeness (QED) is 0.679. The van der Waals surface area contributed by atoms with Crippen molar-refractivity contribution in [1.82, 2.24) is 4.90 Å². The highest BCUT2D eigenvalue weighted by Crippen LogP contribution is 2.24. The number of rotatable bonds is 2. The van der Waals surface area contributed by atoms with E-state index in [9.17, 15) is 0 Å². The lowest BCUT2D eigenvalue weighted by atomic mass is 10.0. The first kappa shape index (κ1) is 15.9. The van der Waals surface area contributed by atoms with Crippen LogP contribution in [-0.2, 0) is 4.74 Å². The monoisotopic (exact) mass is 201 g/mol. The van der Waals surface area contributed by atoms with Crippen LogP contribution in [0.5, 0.6) is 0 Å². The van der Waals surface area contributed by atoms with Crippen LogP contribution in [0.4, 0.5) is 0 Å². The number of methoxy groups -OCH3 is 1. The van der Waals surface area contributed by atoms with Gasteiger partial charge in [-0.15, -0.1) is 0 Å². The average molecular weight is 201 g/mol. The smallest absolute Gasteiger partial charge is 0.0694 e. The van der Waals surface area contributed by atoms with E-state index in [1.807, 2.05) is 27.7 Å². The molecule has 0 spiro atoms. The molecule has 2 heteroatoms. The fraction of sp³-hybridized carbons (Fsp3) is 0.833. The van der Waals surface area contributed by atoms with Crippen molar-refractivity contribution in [2.75, 3.05) is 20.8 Å². The van der Waals surface area contributed by atoms with Crippen LogP contribution in [-0.4, -0.2) is 31.2 Å². The Kier molecular flexibility index (Phi) is 10.3. The lowest BCUT2D eigenvalue weighted by molar-refractivity contribution is 0.0763. The molecule has 0 aromatic carbocycles. The molecule has 2 nitrogen and oxygen atoms in total. The molecule has 0 bridgehead atoms. The lowest BCUT2D eigenvalue weighted by Gasteiger charge is -2.32. The van der Waals surface area contributed by atoms with Gasteiger partial charge in [0.1, 0.15) is 0 Å². The molecule has 1 aliphatic rings. The topological polar surface area (TPSA) is 12.5 Å². The lowest BCUT2D eigenvalue weighted by Crippen LogP contribution is -2.41. The first-order valence-corrected chi connectivity index (χ1v) is 5.57. The second-order valence-corrected chi connectivity index (χ2v) is 3.13. The molecule has 0 saturated carbocycles. The Labute approximate surface area is 89.9 Å². The van der Waals surface area contributed by atoms with Gasteiger partial charge in [-0.05, 0) is 19.5 Å². The molecule has 0 amide bonds. The minimum atomic E-state index is 0.203. The van der Waals surface area contributed by atoms with Crippen molar-refractivity contribution in [3.05, 3.63) is 12.3 Å². The van der Waals surface area contributed by atoms with Crippen molar-refractivity contribution in [3.8, 4) is 0 Å². The summed E-state index contributed by atoms with van der Waals surface area (Å²) in [7, 11) is 3.83. The van der Waals surface area contributed by atoms with Crippen LogP contribution in [0.2, 0.25) is 0 Å². The van der Waals surface area contributed by atoms with Gasteiger partial charge in [-0.3, -0.25) is 0 Å². The summed E-state index contributed by atoms with van der Waals surface area (Å²) in [6.45, 7) is 11.0. The van der Waals surface area contributed by atoms with Crippen LogP contribution in [0.25, 0.3) is 0 Å². The third-order valence-corrected chi connectivity index (χ3v) is 2.19. The molecule has 0 fully saturated rings. The maximum atomic E-state index is 5.12. The van der Waals surface area contributed by atoms with E-state index >= 15 is 0 Å². The molecule has 1 rings (SSSR count). The highest BCUT2D eigenvalue weighted by molar-refractivity contribution is 5.04. The van der Waals surface area contributed by atoms with Crippen molar-refractivity contribution in [1.29, 1.82) is 0 Å². The average Bonchev–Trinajstić information content (AvgIpc) is 2.54. The molecule has 0 aromatic heterocycles. The van der Waals surface area contributed by atoms with Crippen molar-refractivity contribution in [2.45, 2.75) is 46.6 Å². The van der Waals surface area contributed by atoms with Gasteiger partial charge < -0.3 is 9.64 Å². The first-order valence-electron chi connectivity index (χ1n) is 5.57. The van der Waals surface area contributed by atoms with E-state index in [2.05, 4.69) is 31.1 Å². The normalized spacial score (nSPS) is 23.5. The fourth-order valence-electron chi connectivity index (χ4n) is 1.26. The maximum Gasteiger partial charge on any atom is 0.0694 e. The highest BCUT2D eigenvalue weighted by atomic mass is 16.5. The zero-order valence-electron chi connectivity index (χ0n) is 10.9. The molecule has 0 aliphatic carbocycles. The Morgan fingerprint density at radius 3 is 2.07 bits per heavy atom. The standard InChI is InChI=1S/C8H15NO.2C2H6/c1-8(7-10-3)5-4-6-9(8)2;2*1-2/h4,6H,5,7H2,1-3H3;2*1-2H3. The summed E-state index contributed by atoms with van der Waals surface area (Å²) in [6.07, 6.45) is 5.38. The predicted molar refractivity (Wildman–Crippen MR) is 64.5 cm³/mol. The van der Waals surface area contributed by atoms with Crippen LogP contribution < -0.4 is 0 Å². The van der Waals surface area contributed by atoms with Crippen LogP contribution in [0.3, 0.4) is 0 Å². The number of likely N-dealkylation sites (N-methyl/N-ethyl adjacent to an activating group) is 1. The summed E-state index contributed by atoms with van der Waals surface area (Å²) in [5, 5.41) is 0. The molecule has 0 saturated heterocycles. The summed E-state index contributed by atoms with van der Waals surface area (Å²) in [5.41, 5.74) is 0.203. The largest absolute Gasteiger partial charge is 0.382 e. The predicted octanol–water partition coefficient (Wildman–Crippen LogP) is 3.29. The van der Waals surface area contributed by atoms with E-state index in [1.54, 1.807) is 7.11 Å². The van der Waals surface area contributed by atoms with Gasteiger partial charge in [0.25, 0.3) is 0 Å². The van der Waals surface area contributed by atoms with Crippen LogP contribution in [0.15, 0.2) is 12.3 Å². The zero-order valence-corrected chi connectivity index (χ0v) is 10.9. The molecular weight excluding hydrogens is 174 g/mol. The zero-order chi connectivity index (χ0) is 11.6. The summed E-state index contributed by atoms with van der Waals surface area (Å²) < 4.78 is 5.12. The number of ether oxygens (including phenoxy) is 1. The molecule has 0 aromatic rings. The summed E-state index contributed by atoms with van der Waals surface area (Å²) >= 11 is 0. The second-order valence-electron chi connectivity index (χ2n) is 3.13. The van der Waals surface area contributed by atoms with E-state index in [4.69, 9.17) is 4.74 Å². The van der Waals surface area contributed by atoms with Crippen molar-refractivity contribution < 1.29 is 4.74 Å². The Hall–Kier alpha value is -0.500. The van der Waals surface area contributed by atoms with Gasteiger partial charge in [0.05, 0.1) is 12.1 Å². The fourth-order valence-corrected chi connectivity index (χ4v) is 1.26. The molecular formula is C12H27NO. The van der Waals surface area contributed by atoms with Gasteiger partial charge in [0.2, 0.25) is 0 Å². The van der Waals surface area contributed by atoms with Gasteiger partial charge >= 0.3 is 0 Å². The Morgan fingerprint density at radius 1 is 1.29 bits per heavy atom. The van der Waals surface area contributed by atoms with Crippen molar-refractivity contribution >= 4 is 0 Å². The van der Waals surface area contributed by atoms with Crippen LogP contribution in [0, 0.1) is 0 Å². The molecule has 86 valence electrons. The van der Waals surface area contributed by atoms with E-state index in [0.717, 1.165) is 13.0 Å². The Balaban J connectivity index is 0. The van der Waals surface area contributed by atoms with E-state index in [0.29, 0.717) is 0 Å². The molecule has 14 heavy (non-hydrogen) atoms. The number of nitrogens with zero attached hydrogens (tertiary/aromatic N) is 1.